The van der Waals surface area contributed by atoms with E-state index in [2.05, 4.69) is 33.8 Å². The molecule has 114 valence electrons. The summed E-state index contributed by atoms with van der Waals surface area (Å²) in [5.74, 6) is 0.872. The van der Waals surface area contributed by atoms with Crippen molar-refractivity contribution in [3.63, 3.8) is 0 Å². The van der Waals surface area contributed by atoms with Gasteiger partial charge in [0.25, 0.3) is 0 Å². The molecule has 0 aliphatic carbocycles. The number of likely N-dealkylation sites (N-methyl/N-ethyl adjacent to an activating group) is 1. The Morgan fingerprint density at radius 3 is 2.62 bits per heavy atom. The van der Waals surface area contributed by atoms with Crippen molar-refractivity contribution in [2.45, 2.75) is 12.8 Å². The summed E-state index contributed by atoms with van der Waals surface area (Å²) < 4.78 is 7.19. The Morgan fingerprint density at radius 2 is 2.00 bits per heavy atom. The molecule has 21 heavy (non-hydrogen) atoms. The van der Waals surface area contributed by atoms with Gasteiger partial charge in [-0.25, -0.2) is 4.76 Å². The topological polar surface area (TPSA) is 45.9 Å². The van der Waals surface area contributed by atoms with Crippen LogP contribution in [0.2, 0.25) is 0 Å². The van der Waals surface area contributed by atoms with Crippen LogP contribution in [0.3, 0.4) is 0 Å². The van der Waals surface area contributed by atoms with Crippen molar-refractivity contribution in [2.75, 3.05) is 46.0 Å². The van der Waals surface area contributed by atoms with Crippen molar-refractivity contribution in [1.29, 1.82) is 5.26 Å². The molecule has 8 heteroatoms. The highest BCUT2D eigenvalue weighted by Crippen LogP contribution is 2.67. The second-order valence-corrected chi connectivity index (χ2v) is 12.4. The van der Waals surface area contributed by atoms with Crippen LogP contribution in [0.5, 0.6) is 0 Å². The number of amidine groups is 1. The summed E-state index contributed by atoms with van der Waals surface area (Å²) in [7, 11) is 2.13. The Bertz CT molecular complexity index is 586. The largest absolute Gasteiger partial charge is 0.353 e. The Hall–Kier alpha value is -0.540. The summed E-state index contributed by atoms with van der Waals surface area (Å²) >= 11 is 7.58. The van der Waals surface area contributed by atoms with E-state index in [1.807, 2.05) is 0 Å². The minimum atomic E-state index is -1.98. The van der Waals surface area contributed by atoms with Crippen molar-refractivity contribution < 1.29 is 0 Å². The summed E-state index contributed by atoms with van der Waals surface area (Å²) in [4.78, 5) is 4.57. The number of nitrogens with zero attached hydrogens (tertiary/aromatic N) is 5. The van der Waals surface area contributed by atoms with Gasteiger partial charge in [0, 0.05) is 38.4 Å². The zero-order valence-corrected chi connectivity index (χ0v) is 15.0. The SMILES string of the molecule is CS[P@@]1(=S)N=C(N2CCN(C)CC2)C(C#N)=C2CCCN21. The maximum atomic E-state index is 9.65. The lowest BCUT2D eigenvalue weighted by Gasteiger charge is -2.40. The van der Waals surface area contributed by atoms with Gasteiger partial charge in [-0.3, -0.25) is 0 Å². The third-order valence-corrected chi connectivity index (χ3v) is 10.7. The van der Waals surface area contributed by atoms with Gasteiger partial charge in [-0.15, -0.1) is 0 Å². The Balaban J connectivity index is 2.01. The third kappa shape index (κ3) is 2.63. The van der Waals surface area contributed by atoms with Crippen LogP contribution >= 0.6 is 16.9 Å². The van der Waals surface area contributed by atoms with E-state index >= 15 is 0 Å². The van der Waals surface area contributed by atoms with Gasteiger partial charge in [-0.2, -0.15) is 5.26 Å². The highest BCUT2D eigenvalue weighted by atomic mass is 32.9. The van der Waals surface area contributed by atoms with Crippen LogP contribution in [0.4, 0.5) is 0 Å². The molecule has 3 rings (SSSR count). The van der Waals surface area contributed by atoms with Crippen molar-refractivity contribution in [3.8, 4) is 6.07 Å². The van der Waals surface area contributed by atoms with Gasteiger partial charge in [0.05, 0.1) is 0 Å². The molecule has 2 saturated heterocycles. The van der Waals surface area contributed by atoms with Crippen LogP contribution in [-0.4, -0.2) is 66.3 Å². The van der Waals surface area contributed by atoms with Crippen LogP contribution in [-0.2, 0) is 11.8 Å². The highest BCUT2D eigenvalue weighted by molar-refractivity contribution is 8.69. The first-order chi connectivity index (χ1) is 10.1. The lowest BCUT2D eigenvalue weighted by atomic mass is 10.1. The summed E-state index contributed by atoms with van der Waals surface area (Å²) in [5.41, 5.74) is -0.0577. The molecular weight excluding hydrogens is 321 g/mol. The van der Waals surface area contributed by atoms with E-state index in [4.69, 9.17) is 16.6 Å². The molecule has 5 nitrogen and oxygen atoms in total. The normalized spacial score (nSPS) is 30.2. The molecule has 3 aliphatic rings. The van der Waals surface area contributed by atoms with Crippen LogP contribution in [0.15, 0.2) is 16.0 Å². The number of nitriles is 1. The van der Waals surface area contributed by atoms with Crippen molar-refractivity contribution in [1.82, 2.24) is 14.5 Å². The first kappa shape index (κ1) is 15.4. The quantitative estimate of drug-likeness (QED) is 0.681. The summed E-state index contributed by atoms with van der Waals surface area (Å²) in [6, 6.07) is 2.41. The van der Waals surface area contributed by atoms with Crippen LogP contribution in [0, 0.1) is 11.3 Å². The predicted molar refractivity (Wildman–Crippen MR) is 92.9 cm³/mol. The molecule has 0 N–H and O–H groups in total. The fraction of sp³-hybridized carbons (Fsp3) is 0.692. The maximum Gasteiger partial charge on any atom is 0.199 e. The van der Waals surface area contributed by atoms with E-state index in [-0.39, 0.29) is 0 Å². The molecule has 0 bridgehead atoms. The minimum Gasteiger partial charge on any atom is -0.353 e. The van der Waals surface area contributed by atoms with Gasteiger partial charge in [0.15, 0.2) is 11.4 Å². The molecule has 0 spiro atoms. The molecule has 0 unspecified atom stereocenters. The van der Waals surface area contributed by atoms with Gasteiger partial charge in [-0.05, 0) is 38.0 Å². The van der Waals surface area contributed by atoms with Gasteiger partial charge in [0.2, 0.25) is 0 Å². The standard InChI is InChI=1S/C13H20N5PS2/c1-16-6-8-17(9-7-16)13-11(10-14)12-4-3-5-18(12)19(20,15-13)21-2/h3-9H2,1-2H3/t19-/m0/s1. The fourth-order valence-electron chi connectivity index (χ4n) is 3.04. The molecule has 1 atom stereocenters. The van der Waals surface area contributed by atoms with E-state index < -0.39 is 5.54 Å². The zero-order chi connectivity index (χ0) is 15.0. The van der Waals surface area contributed by atoms with Crippen LogP contribution in [0.1, 0.15) is 12.8 Å². The van der Waals surface area contributed by atoms with E-state index in [1.165, 1.54) is 0 Å². The van der Waals surface area contributed by atoms with E-state index in [9.17, 15) is 5.26 Å². The van der Waals surface area contributed by atoms with Gasteiger partial charge in [0.1, 0.15) is 11.6 Å². The summed E-state index contributed by atoms with van der Waals surface area (Å²) in [6.45, 7) is 4.84. The molecule has 0 aromatic rings. The number of fused-ring (bicyclic) bond motifs is 1. The molecular formula is C13H20N5PS2. The van der Waals surface area contributed by atoms with Gasteiger partial charge >= 0.3 is 0 Å². The average molecular weight is 341 g/mol. The fourth-order valence-corrected chi connectivity index (χ4v) is 7.17. The number of hydrogen-bond donors (Lipinski definition) is 0. The summed E-state index contributed by atoms with van der Waals surface area (Å²) in [6.07, 6.45) is 4.11. The molecule has 3 aliphatic heterocycles. The number of allylic oxidation sites excluding steroid dienone is 1. The van der Waals surface area contributed by atoms with Crippen molar-refractivity contribution >= 4 is 34.6 Å². The minimum absolute atomic E-state index is 0.770. The first-order valence-corrected chi connectivity index (χ1v) is 11.7. The predicted octanol–water partition coefficient (Wildman–Crippen LogP) is 2.11. The smallest absolute Gasteiger partial charge is 0.199 e. The van der Waals surface area contributed by atoms with Gasteiger partial charge < -0.3 is 14.5 Å². The maximum absolute atomic E-state index is 9.65. The van der Waals surface area contributed by atoms with Crippen molar-refractivity contribution in [3.05, 3.63) is 11.3 Å². The molecule has 0 amide bonds. The molecule has 2 fully saturated rings. The lowest BCUT2D eigenvalue weighted by molar-refractivity contribution is 0.215. The van der Waals surface area contributed by atoms with E-state index in [0.717, 1.165) is 62.7 Å². The van der Waals surface area contributed by atoms with Crippen molar-refractivity contribution in [2.24, 2.45) is 4.76 Å². The molecule has 0 aromatic carbocycles. The third-order valence-electron chi connectivity index (χ3n) is 4.29. The van der Waals surface area contributed by atoms with Crippen LogP contribution in [0.25, 0.3) is 0 Å². The summed E-state index contributed by atoms with van der Waals surface area (Å²) in [5, 5.41) is 9.65. The lowest BCUT2D eigenvalue weighted by Crippen LogP contribution is -2.48. The Labute approximate surface area is 135 Å². The van der Waals surface area contributed by atoms with E-state index in [1.54, 1.807) is 11.4 Å². The number of hydrogen-bond acceptors (Lipinski definition) is 5. The van der Waals surface area contributed by atoms with Gasteiger partial charge in [-0.1, -0.05) is 11.4 Å². The Morgan fingerprint density at radius 1 is 1.29 bits per heavy atom. The molecule has 3 heterocycles. The van der Waals surface area contributed by atoms with Crippen LogP contribution < -0.4 is 0 Å². The first-order valence-electron chi connectivity index (χ1n) is 7.20. The highest BCUT2D eigenvalue weighted by Gasteiger charge is 2.39. The second kappa shape index (κ2) is 5.92. The number of piperazine rings is 1. The molecule has 0 radical (unpaired) electrons. The van der Waals surface area contributed by atoms with E-state index in [0.29, 0.717) is 0 Å². The average Bonchev–Trinajstić information content (AvgIpc) is 2.98. The Kier molecular flexibility index (Phi) is 4.33. The zero-order valence-electron chi connectivity index (χ0n) is 12.4. The number of rotatable bonds is 1. The monoisotopic (exact) mass is 341 g/mol. The molecule has 0 saturated carbocycles. The molecule has 0 aromatic heterocycles. The second-order valence-electron chi connectivity index (χ2n) is 5.55.